The van der Waals surface area contributed by atoms with E-state index in [-0.39, 0.29) is 17.4 Å². The molecule has 8 nitrogen and oxygen atoms in total. The third kappa shape index (κ3) is 4.29. The van der Waals surface area contributed by atoms with E-state index in [0.29, 0.717) is 27.1 Å². The molecule has 1 amide bonds. The van der Waals surface area contributed by atoms with Gasteiger partial charge < -0.3 is 11.1 Å². The van der Waals surface area contributed by atoms with E-state index in [4.69, 9.17) is 28.9 Å². The van der Waals surface area contributed by atoms with Crippen molar-refractivity contribution in [1.82, 2.24) is 20.4 Å². The fourth-order valence-electron chi connectivity index (χ4n) is 2.04. The second-order valence-electron chi connectivity index (χ2n) is 5.09. The molecule has 10 heteroatoms. The van der Waals surface area contributed by atoms with Gasteiger partial charge in [0.1, 0.15) is 12.0 Å². The summed E-state index contributed by atoms with van der Waals surface area (Å²) in [5.41, 5.74) is 12.4. The number of anilines is 4. The van der Waals surface area contributed by atoms with E-state index >= 15 is 0 Å². The molecule has 132 valence electrons. The molecule has 0 saturated heterocycles. The van der Waals surface area contributed by atoms with Crippen molar-refractivity contribution in [1.29, 1.82) is 0 Å². The van der Waals surface area contributed by atoms with Gasteiger partial charge in [-0.05, 0) is 30.3 Å². The third-order valence-electron chi connectivity index (χ3n) is 3.23. The second-order valence-corrected chi connectivity index (χ2v) is 5.96. The van der Waals surface area contributed by atoms with Crippen LogP contribution in [0.4, 0.5) is 23.0 Å². The maximum Gasteiger partial charge on any atom is 0.271 e. The molecule has 2 heterocycles. The summed E-state index contributed by atoms with van der Waals surface area (Å²) in [5, 5.41) is 3.94. The van der Waals surface area contributed by atoms with Crippen molar-refractivity contribution in [3.05, 3.63) is 64.7 Å². The van der Waals surface area contributed by atoms with Crippen LogP contribution in [0.15, 0.2) is 49.1 Å². The fourth-order valence-corrected chi connectivity index (χ4v) is 2.57. The van der Waals surface area contributed by atoms with Gasteiger partial charge in [0.25, 0.3) is 5.91 Å². The summed E-state index contributed by atoms with van der Waals surface area (Å²) in [6.45, 7) is 0. The van der Waals surface area contributed by atoms with E-state index in [1.165, 1.54) is 12.5 Å². The van der Waals surface area contributed by atoms with Crippen LogP contribution in [0.25, 0.3) is 0 Å². The number of nitrogens with zero attached hydrogens (tertiary/aromatic N) is 3. The van der Waals surface area contributed by atoms with Gasteiger partial charge in [-0.2, -0.15) is 0 Å². The average molecular weight is 390 g/mol. The number of nitrogens with two attached hydrogens (primary N) is 1. The average Bonchev–Trinajstić information content (AvgIpc) is 2.62. The molecule has 0 aliphatic rings. The van der Waals surface area contributed by atoms with Gasteiger partial charge in [-0.25, -0.2) is 9.97 Å². The third-order valence-corrected chi connectivity index (χ3v) is 3.66. The second kappa shape index (κ2) is 7.85. The maximum atomic E-state index is 12.0. The first kappa shape index (κ1) is 17.7. The van der Waals surface area contributed by atoms with Gasteiger partial charge in [0.2, 0.25) is 0 Å². The van der Waals surface area contributed by atoms with Crippen LogP contribution in [0.1, 0.15) is 10.4 Å². The van der Waals surface area contributed by atoms with E-state index in [0.717, 1.165) is 0 Å². The normalized spacial score (nSPS) is 10.2. The molecule has 3 aromatic rings. The van der Waals surface area contributed by atoms with Gasteiger partial charge in [0, 0.05) is 28.1 Å². The van der Waals surface area contributed by atoms with Crippen molar-refractivity contribution < 1.29 is 4.79 Å². The molecule has 5 N–H and O–H groups in total. The highest BCUT2D eigenvalue weighted by atomic mass is 35.5. The van der Waals surface area contributed by atoms with Gasteiger partial charge in [0.15, 0.2) is 11.6 Å². The van der Waals surface area contributed by atoms with E-state index in [1.807, 2.05) is 0 Å². The lowest BCUT2D eigenvalue weighted by atomic mass is 10.3. The molecule has 26 heavy (non-hydrogen) atoms. The summed E-state index contributed by atoms with van der Waals surface area (Å²) >= 11 is 12.0. The largest absolute Gasteiger partial charge is 0.393 e. The van der Waals surface area contributed by atoms with Crippen molar-refractivity contribution in [3.63, 3.8) is 0 Å². The van der Waals surface area contributed by atoms with Gasteiger partial charge in [-0.15, -0.1) is 0 Å². The molecule has 0 unspecified atom stereocenters. The topological polar surface area (TPSA) is 118 Å². The number of nitrogens with one attached hydrogen (secondary N) is 3. The lowest BCUT2D eigenvalue weighted by molar-refractivity contribution is 0.0962. The number of carbonyl (C=O) groups is 1. The smallest absolute Gasteiger partial charge is 0.271 e. The van der Waals surface area contributed by atoms with E-state index in [9.17, 15) is 4.79 Å². The molecule has 2 aromatic heterocycles. The SMILES string of the molecule is Nc1c(NNC(=O)c2cccnc2)ncnc1Nc1cc(Cl)cc(Cl)c1. The number of hydrogen-bond acceptors (Lipinski definition) is 7. The molecule has 0 spiro atoms. The number of hydrazine groups is 1. The van der Waals surface area contributed by atoms with E-state index < -0.39 is 0 Å². The lowest BCUT2D eigenvalue weighted by Gasteiger charge is -2.13. The molecule has 0 radical (unpaired) electrons. The first-order chi connectivity index (χ1) is 12.5. The number of nitrogen functional groups attached to an aromatic ring is 1. The van der Waals surface area contributed by atoms with Gasteiger partial charge in [-0.1, -0.05) is 23.2 Å². The Morgan fingerprint density at radius 1 is 1.08 bits per heavy atom. The Balaban J connectivity index is 1.73. The Bertz CT molecular complexity index is 917. The summed E-state index contributed by atoms with van der Waals surface area (Å²) in [4.78, 5) is 24.0. The minimum atomic E-state index is -0.382. The molecule has 0 aliphatic heterocycles. The van der Waals surface area contributed by atoms with Crippen LogP contribution in [0.3, 0.4) is 0 Å². The standard InChI is InChI=1S/C16H13Cl2N7O/c17-10-4-11(18)6-12(5-10)23-14-13(19)15(22-8-21-14)24-25-16(26)9-2-1-3-20-7-9/h1-8H,19H2,(H,25,26)(H2,21,22,23,24). The Morgan fingerprint density at radius 3 is 2.50 bits per heavy atom. The van der Waals surface area contributed by atoms with Crippen LogP contribution < -0.4 is 21.9 Å². The number of pyridine rings is 1. The van der Waals surface area contributed by atoms with Gasteiger partial charge in [-0.3, -0.25) is 20.6 Å². The molecule has 1 aromatic carbocycles. The zero-order valence-corrected chi connectivity index (χ0v) is 14.7. The number of hydrogen-bond donors (Lipinski definition) is 4. The number of aromatic nitrogens is 3. The minimum absolute atomic E-state index is 0.204. The molecule has 0 atom stereocenters. The summed E-state index contributed by atoms with van der Waals surface area (Å²) in [6, 6.07) is 8.24. The molecule has 0 aliphatic carbocycles. The van der Waals surface area contributed by atoms with Crippen molar-refractivity contribution in [2.75, 3.05) is 16.5 Å². The van der Waals surface area contributed by atoms with Crippen LogP contribution in [0.5, 0.6) is 0 Å². The number of amides is 1. The quantitative estimate of drug-likeness (QED) is 0.494. The fraction of sp³-hybridized carbons (Fsp3) is 0. The van der Waals surface area contributed by atoms with E-state index in [1.54, 1.807) is 36.5 Å². The highest BCUT2D eigenvalue weighted by Crippen LogP contribution is 2.28. The van der Waals surface area contributed by atoms with Crippen LogP contribution in [0, 0.1) is 0 Å². The number of carbonyl (C=O) groups excluding carboxylic acids is 1. The Labute approximate surface area is 158 Å². The Kier molecular flexibility index (Phi) is 5.35. The predicted octanol–water partition coefficient (Wildman–Crippen LogP) is 3.26. The monoisotopic (exact) mass is 389 g/mol. The van der Waals surface area contributed by atoms with Crippen LogP contribution >= 0.6 is 23.2 Å². The highest BCUT2D eigenvalue weighted by molar-refractivity contribution is 6.35. The molecule has 0 bridgehead atoms. The molecular weight excluding hydrogens is 377 g/mol. The zero-order chi connectivity index (χ0) is 18.5. The molecule has 0 fully saturated rings. The van der Waals surface area contributed by atoms with Crippen LogP contribution in [0.2, 0.25) is 10.0 Å². The lowest BCUT2D eigenvalue weighted by Crippen LogP contribution is -2.30. The van der Waals surface area contributed by atoms with Gasteiger partial charge >= 0.3 is 0 Å². The summed E-state index contributed by atoms with van der Waals surface area (Å²) in [6.07, 6.45) is 4.31. The zero-order valence-electron chi connectivity index (χ0n) is 13.2. The maximum absolute atomic E-state index is 12.0. The summed E-state index contributed by atoms with van der Waals surface area (Å²) in [7, 11) is 0. The molecule has 0 saturated carbocycles. The Morgan fingerprint density at radius 2 is 1.81 bits per heavy atom. The van der Waals surface area contributed by atoms with Crippen LogP contribution in [-0.4, -0.2) is 20.9 Å². The number of benzene rings is 1. The Hall–Kier alpha value is -3.10. The van der Waals surface area contributed by atoms with Crippen molar-refractivity contribution >= 4 is 52.1 Å². The van der Waals surface area contributed by atoms with E-state index in [2.05, 4.69) is 31.1 Å². The van der Waals surface area contributed by atoms with Crippen molar-refractivity contribution in [2.24, 2.45) is 0 Å². The number of rotatable bonds is 5. The van der Waals surface area contributed by atoms with Crippen LogP contribution in [-0.2, 0) is 0 Å². The number of halogens is 2. The molecular formula is C16H13Cl2N7O. The first-order valence-corrected chi connectivity index (χ1v) is 8.08. The summed E-state index contributed by atoms with van der Waals surface area (Å²) in [5.74, 6) is 0.177. The summed E-state index contributed by atoms with van der Waals surface area (Å²) < 4.78 is 0. The highest BCUT2D eigenvalue weighted by Gasteiger charge is 2.11. The predicted molar refractivity (Wildman–Crippen MR) is 102 cm³/mol. The molecule has 3 rings (SSSR count). The minimum Gasteiger partial charge on any atom is -0.393 e. The first-order valence-electron chi connectivity index (χ1n) is 7.33. The van der Waals surface area contributed by atoms with Crippen molar-refractivity contribution in [3.8, 4) is 0 Å². The van der Waals surface area contributed by atoms with Crippen molar-refractivity contribution in [2.45, 2.75) is 0 Å². The van der Waals surface area contributed by atoms with Gasteiger partial charge in [0.05, 0.1) is 5.56 Å².